The van der Waals surface area contributed by atoms with Gasteiger partial charge >= 0.3 is 5.97 Å². The number of hydrogen-bond acceptors (Lipinski definition) is 2. The third-order valence-corrected chi connectivity index (χ3v) is 3.67. The van der Waals surface area contributed by atoms with Crippen LogP contribution >= 0.6 is 15.9 Å². The number of carboxylic acid groups (broad SMARTS) is 1. The van der Waals surface area contributed by atoms with Crippen molar-refractivity contribution in [2.24, 2.45) is 0 Å². The number of benzene rings is 1. The van der Waals surface area contributed by atoms with Crippen LogP contribution in [-0.4, -0.2) is 24.2 Å². The summed E-state index contributed by atoms with van der Waals surface area (Å²) in [6.07, 6.45) is 0.405. The van der Waals surface area contributed by atoms with E-state index >= 15 is 0 Å². The molecule has 1 aromatic rings. The van der Waals surface area contributed by atoms with Crippen molar-refractivity contribution < 1.29 is 14.3 Å². The summed E-state index contributed by atoms with van der Waals surface area (Å²) < 4.78 is 14.3. The van der Waals surface area contributed by atoms with E-state index in [4.69, 9.17) is 0 Å². The average molecular weight is 288 g/mol. The molecule has 1 atom stereocenters. The average Bonchev–Trinajstić information content (AvgIpc) is 2.67. The summed E-state index contributed by atoms with van der Waals surface area (Å²) in [4.78, 5) is 11.4. The molecule has 1 saturated heterocycles. The standard InChI is InChI=1S/C11H11BrFNO2/c12-7-2-1-3-8(13)9(7)11(10(15)16)4-5-14-6-11/h1-3,14H,4-6H2,(H,15,16). The van der Waals surface area contributed by atoms with Gasteiger partial charge in [0.25, 0.3) is 0 Å². The van der Waals surface area contributed by atoms with Gasteiger partial charge in [-0.1, -0.05) is 22.0 Å². The smallest absolute Gasteiger partial charge is 0.315 e. The van der Waals surface area contributed by atoms with Gasteiger partial charge in [-0.15, -0.1) is 0 Å². The van der Waals surface area contributed by atoms with Crippen LogP contribution in [0.25, 0.3) is 0 Å². The second-order valence-corrected chi connectivity index (χ2v) is 4.77. The number of carboxylic acids is 1. The van der Waals surface area contributed by atoms with E-state index in [-0.39, 0.29) is 12.1 Å². The second-order valence-electron chi connectivity index (χ2n) is 3.91. The Balaban J connectivity index is 2.60. The predicted octanol–water partition coefficient (Wildman–Crippen LogP) is 1.90. The molecule has 1 fully saturated rings. The fourth-order valence-corrected chi connectivity index (χ4v) is 2.87. The molecule has 5 heteroatoms. The van der Waals surface area contributed by atoms with Gasteiger partial charge in [0.15, 0.2) is 0 Å². The zero-order chi connectivity index (χ0) is 11.8. The van der Waals surface area contributed by atoms with Gasteiger partial charge < -0.3 is 10.4 Å². The van der Waals surface area contributed by atoms with Crippen LogP contribution in [0.1, 0.15) is 12.0 Å². The number of aliphatic carboxylic acids is 1. The monoisotopic (exact) mass is 287 g/mol. The van der Waals surface area contributed by atoms with E-state index in [2.05, 4.69) is 21.2 Å². The number of hydrogen-bond donors (Lipinski definition) is 2. The Bertz CT molecular complexity index is 410. The predicted molar refractivity (Wildman–Crippen MR) is 60.9 cm³/mol. The number of carbonyl (C=O) groups is 1. The molecule has 0 spiro atoms. The number of halogens is 2. The minimum Gasteiger partial charge on any atom is -0.481 e. The molecule has 1 unspecified atom stereocenters. The Hall–Kier alpha value is -0.940. The number of rotatable bonds is 2. The van der Waals surface area contributed by atoms with E-state index < -0.39 is 17.2 Å². The van der Waals surface area contributed by atoms with Crippen molar-refractivity contribution in [2.45, 2.75) is 11.8 Å². The maximum Gasteiger partial charge on any atom is 0.315 e. The van der Waals surface area contributed by atoms with Gasteiger partial charge in [0.2, 0.25) is 0 Å². The van der Waals surface area contributed by atoms with Crippen LogP contribution in [-0.2, 0) is 10.2 Å². The van der Waals surface area contributed by atoms with Crippen LogP contribution in [0.4, 0.5) is 4.39 Å². The van der Waals surface area contributed by atoms with Gasteiger partial charge in [0.05, 0.1) is 0 Å². The first-order valence-corrected chi connectivity index (χ1v) is 5.76. The summed E-state index contributed by atoms with van der Waals surface area (Å²) in [7, 11) is 0. The first-order chi connectivity index (χ1) is 7.58. The summed E-state index contributed by atoms with van der Waals surface area (Å²) in [5, 5.41) is 12.3. The van der Waals surface area contributed by atoms with E-state index in [0.717, 1.165) is 0 Å². The van der Waals surface area contributed by atoms with E-state index in [1.54, 1.807) is 12.1 Å². The van der Waals surface area contributed by atoms with Crippen LogP contribution in [0.3, 0.4) is 0 Å². The van der Waals surface area contributed by atoms with E-state index in [0.29, 0.717) is 17.4 Å². The lowest BCUT2D eigenvalue weighted by Crippen LogP contribution is -2.39. The molecule has 1 aromatic carbocycles. The minimum atomic E-state index is -1.15. The molecule has 1 heterocycles. The minimum absolute atomic E-state index is 0.243. The fourth-order valence-electron chi connectivity index (χ4n) is 2.15. The third kappa shape index (κ3) is 1.64. The lowest BCUT2D eigenvalue weighted by molar-refractivity contribution is -0.143. The molecule has 3 nitrogen and oxygen atoms in total. The Morgan fingerprint density at radius 2 is 2.31 bits per heavy atom. The molecule has 0 amide bonds. The highest BCUT2D eigenvalue weighted by Gasteiger charge is 2.46. The Labute approximate surface area is 101 Å². The molecule has 1 aliphatic heterocycles. The van der Waals surface area contributed by atoms with Gasteiger partial charge in [0.1, 0.15) is 11.2 Å². The quantitative estimate of drug-likeness (QED) is 0.874. The van der Waals surface area contributed by atoms with Crippen LogP contribution in [0.15, 0.2) is 22.7 Å². The highest BCUT2D eigenvalue weighted by molar-refractivity contribution is 9.10. The topological polar surface area (TPSA) is 49.3 Å². The van der Waals surface area contributed by atoms with Crippen LogP contribution < -0.4 is 5.32 Å². The molecule has 0 aromatic heterocycles. The number of nitrogens with one attached hydrogen (secondary N) is 1. The highest BCUT2D eigenvalue weighted by atomic mass is 79.9. The summed E-state index contributed by atoms with van der Waals surface area (Å²) in [6.45, 7) is 0.856. The molecule has 1 aliphatic rings. The zero-order valence-corrected chi connectivity index (χ0v) is 10.1. The molecule has 2 N–H and O–H groups in total. The highest BCUT2D eigenvalue weighted by Crippen LogP contribution is 2.37. The van der Waals surface area contributed by atoms with Crippen LogP contribution in [0.5, 0.6) is 0 Å². The summed E-state index contributed by atoms with van der Waals surface area (Å²) in [6, 6.07) is 4.52. The molecule has 86 valence electrons. The van der Waals surface area contributed by atoms with Gasteiger partial charge in [-0.2, -0.15) is 0 Å². The van der Waals surface area contributed by atoms with E-state index in [1.807, 2.05) is 0 Å². The summed E-state index contributed by atoms with van der Waals surface area (Å²) in [5.41, 5.74) is -0.906. The van der Waals surface area contributed by atoms with Gasteiger partial charge in [-0.05, 0) is 25.1 Å². The first kappa shape index (κ1) is 11.5. The van der Waals surface area contributed by atoms with Crippen molar-refractivity contribution in [1.29, 1.82) is 0 Å². The normalized spacial score (nSPS) is 24.6. The van der Waals surface area contributed by atoms with E-state index in [1.165, 1.54) is 6.07 Å². The van der Waals surface area contributed by atoms with Crippen molar-refractivity contribution in [3.8, 4) is 0 Å². The lowest BCUT2D eigenvalue weighted by Gasteiger charge is -2.25. The molecule has 16 heavy (non-hydrogen) atoms. The Morgan fingerprint density at radius 3 is 2.81 bits per heavy atom. The lowest BCUT2D eigenvalue weighted by atomic mass is 9.79. The maximum absolute atomic E-state index is 13.8. The molecular formula is C11H11BrFNO2. The van der Waals surface area contributed by atoms with Crippen molar-refractivity contribution in [1.82, 2.24) is 5.32 Å². The zero-order valence-electron chi connectivity index (χ0n) is 8.46. The van der Waals surface area contributed by atoms with Crippen LogP contribution in [0.2, 0.25) is 0 Å². The second kappa shape index (κ2) is 4.14. The Morgan fingerprint density at radius 1 is 1.56 bits per heavy atom. The third-order valence-electron chi connectivity index (χ3n) is 3.01. The summed E-state index contributed by atoms with van der Waals surface area (Å²) in [5.74, 6) is -1.45. The van der Waals surface area contributed by atoms with E-state index in [9.17, 15) is 14.3 Å². The van der Waals surface area contributed by atoms with Crippen molar-refractivity contribution in [2.75, 3.05) is 13.1 Å². The molecule has 2 rings (SSSR count). The molecule has 0 bridgehead atoms. The Kier molecular flexibility index (Phi) is 2.99. The molecule has 0 aliphatic carbocycles. The van der Waals surface area contributed by atoms with Gasteiger partial charge in [0, 0.05) is 16.6 Å². The molecule has 0 saturated carbocycles. The molecule has 0 radical (unpaired) electrons. The SMILES string of the molecule is O=C(O)C1(c2c(F)cccc2Br)CCNC1. The summed E-state index contributed by atoms with van der Waals surface area (Å²) >= 11 is 3.23. The molecular weight excluding hydrogens is 277 g/mol. The maximum atomic E-state index is 13.8. The van der Waals surface area contributed by atoms with Crippen molar-refractivity contribution in [3.05, 3.63) is 34.1 Å². The van der Waals surface area contributed by atoms with Gasteiger partial charge in [-0.25, -0.2) is 4.39 Å². The van der Waals surface area contributed by atoms with Crippen molar-refractivity contribution >= 4 is 21.9 Å². The van der Waals surface area contributed by atoms with Gasteiger partial charge in [-0.3, -0.25) is 4.79 Å². The van der Waals surface area contributed by atoms with Crippen molar-refractivity contribution in [3.63, 3.8) is 0 Å². The first-order valence-electron chi connectivity index (χ1n) is 4.96. The van der Waals surface area contributed by atoms with Crippen LogP contribution in [0, 0.1) is 5.82 Å². The fraction of sp³-hybridized carbons (Fsp3) is 0.364. The largest absolute Gasteiger partial charge is 0.481 e.